The van der Waals surface area contributed by atoms with E-state index in [0.717, 1.165) is 20.3 Å². The number of carbonyl (C=O) groups excluding carboxylic acids is 1. The molecule has 0 saturated heterocycles. The number of halogens is 3. The van der Waals surface area contributed by atoms with E-state index in [1.165, 1.54) is 0 Å². The number of alkyl halides is 2. The number of pyridine rings is 1. The third-order valence-corrected chi connectivity index (χ3v) is 2.02. The minimum absolute atomic E-state index is 0.217. The minimum Gasteiger partial charge on any atom is -0.479 e. The molecule has 7 heteroatoms. The molecule has 0 bridgehead atoms. The molecular weight excluding hydrogens is 239 g/mol. The van der Waals surface area contributed by atoms with Crippen LogP contribution in [0, 0.1) is 5.82 Å². The lowest BCUT2D eigenvalue weighted by atomic mass is 10.1. The van der Waals surface area contributed by atoms with Crippen LogP contribution in [0.2, 0.25) is 0 Å². The Hall–Kier alpha value is -1.79. The van der Waals surface area contributed by atoms with Crippen LogP contribution in [0.3, 0.4) is 0 Å². The zero-order valence-electron chi connectivity index (χ0n) is 9.17. The van der Waals surface area contributed by atoms with Crippen LogP contribution in [0.5, 0.6) is 5.88 Å². The summed E-state index contributed by atoms with van der Waals surface area (Å²) < 4.78 is 47.3. The lowest BCUT2D eigenvalue weighted by molar-refractivity contribution is -0.139. The number of hydrogen-bond donors (Lipinski definition) is 0. The highest BCUT2D eigenvalue weighted by Gasteiger charge is 2.21. The van der Waals surface area contributed by atoms with Gasteiger partial charge < -0.3 is 9.47 Å². The predicted molar refractivity (Wildman–Crippen MR) is 51.4 cm³/mol. The Kier molecular flexibility index (Phi) is 4.30. The number of rotatable bonds is 4. The van der Waals surface area contributed by atoms with Crippen molar-refractivity contribution >= 4 is 5.97 Å². The summed E-state index contributed by atoms with van der Waals surface area (Å²) in [6, 6.07) is 0.796. The normalized spacial score (nSPS) is 10.5. The van der Waals surface area contributed by atoms with Crippen LogP contribution >= 0.6 is 0 Å². The summed E-state index contributed by atoms with van der Waals surface area (Å²) in [4.78, 5) is 14.3. The summed E-state index contributed by atoms with van der Waals surface area (Å²) in [5.41, 5.74) is -0.904. The van der Waals surface area contributed by atoms with Gasteiger partial charge in [0.25, 0.3) is 12.3 Å². The van der Waals surface area contributed by atoms with Crippen LogP contribution < -0.4 is 4.74 Å². The molecule has 1 aromatic heterocycles. The second-order valence-electron chi connectivity index (χ2n) is 3.08. The highest BCUT2D eigenvalue weighted by atomic mass is 19.3. The van der Waals surface area contributed by atoms with Crippen molar-refractivity contribution in [3.8, 4) is 5.88 Å². The molecule has 1 rings (SSSR count). The Morgan fingerprint density at radius 3 is 2.59 bits per heavy atom. The molecule has 0 unspecified atom stereocenters. The highest BCUT2D eigenvalue weighted by molar-refractivity contribution is 5.72. The molecule has 4 nitrogen and oxygen atoms in total. The molecule has 0 atom stereocenters. The fraction of sp³-hybridized carbons (Fsp3) is 0.400. The van der Waals surface area contributed by atoms with E-state index in [1.807, 2.05) is 0 Å². The Morgan fingerprint density at radius 2 is 2.12 bits per heavy atom. The Balaban J connectivity index is 3.18. The van der Waals surface area contributed by atoms with E-state index in [2.05, 4.69) is 14.5 Å². The number of hydrogen-bond acceptors (Lipinski definition) is 4. The molecule has 94 valence electrons. The zero-order valence-corrected chi connectivity index (χ0v) is 9.17. The Labute approximate surface area is 95.4 Å². The van der Waals surface area contributed by atoms with Gasteiger partial charge >= 0.3 is 5.97 Å². The van der Waals surface area contributed by atoms with Crippen molar-refractivity contribution in [1.82, 2.24) is 4.98 Å². The molecule has 0 aliphatic heterocycles. The third kappa shape index (κ3) is 3.08. The predicted octanol–water partition coefficient (Wildman–Crippen LogP) is 1.88. The molecule has 1 aromatic rings. The van der Waals surface area contributed by atoms with Gasteiger partial charge in [0, 0.05) is 0 Å². The average molecular weight is 249 g/mol. The number of ether oxygens (including phenoxy) is 2. The second kappa shape index (κ2) is 5.51. The van der Waals surface area contributed by atoms with Crippen molar-refractivity contribution in [1.29, 1.82) is 0 Å². The lowest BCUT2D eigenvalue weighted by Crippen LogP contribution is -2.10. The van der Waals surface area contributed by atoms with Gasteiger partial charge in [0.05, 0.1) is 20.6 Å². The van der Waals surface area contributed by atoms with E-state index in [1.54, 1.807) is 0 Å². The standard InChI is InChI=1S/C10H10F3NO3/c1-16-7(15)4-5-3-6(11)10(17-2)14-8(5)9(12)13/h3,9H,4H2,1-2H3. The number of carbonyl (C=O) groups is 1. The quantitative estimate of drug-likeness (QED) is 0.764. The van der Waals surface area contributed by atoms with Gasteiger partial charge in [-0.15, -0.1) is 0 Å². The second-order valence-corrected chi connectivity index (χ2v) is 3.08. The van der Waals surface area contributed by atoms with Crippen molar-refractivity contribution in [2.45, 2.75) is 12.8 Å². The van der Waals surface area contributed by atoms with Gasteiger partial charge in [0.15, 0.2) is 5.82 Å². The maximum atomic E-state index is 13.3. The van der Waals surface area contributed by atoms with Crippen LogP contribution in [0.15, 0.2) is 6.07 Å². The molecule has 0 N–H and O–H groups in total. The van der Waals surface area contributed by atoms with E-state index in [4.69, 9.17) is 0 Å². The summed E-state index contributed by atoms with van der Waals surface area (Å²) in [5.74, 6) is -2.19. The summed E-state index contributed by atoms with van der Waals surface area (Å²) in [6.45, 7) is 0. The summed E-state index contributed by atoms with van der Waals surface area (Å²) in [7, 11) is 2.22. The van der Waals surface area contributed by atoms with Gasteiger partial charge in [0.2, 0.25) is 0 Å². The maximum Gasteiger partial charge on any atom is 0.310 e. The van der Waals surface area contributed by atoms with Crippen molar-refractivity contribution in [3.63, 3.8) is 0 Å². The first-order valence-electron chi connectivity index (χ1n) is 4.57. The van der Waals surface area contributed by atoms with Crippen LogP contribution in [0.4, 0.5) is 13.2 Å². The Bertz CT molecular complexity index is 424. The highest BCUT2D eigenvalue weighted by Crippen LogP contribution is 2.26. The van der Waals surface area contributed by atoms with Gasteiger partial charge in [-0.2, -0.15) is 0 Å². The molecule has 0 fully saturated rings. The van der Waals surface area contributed by atoms with Crippen LogP contribution in [-0.4, -0.2) is 25.2 Å². The first-order chi connectivity index (χ1) is 7.99. The third-order valence-electron chi connectivity index (χ3n) is 2.02. The Morgan fingerprint density at radius 1 is 1.47 bits per heavy atom. The zero-order chi connectivity index (χ0) is 13.0. The number of methoxy groups -OCH3 is 2. The lowest BCUT2D eigenvalue weighted by Gasteiger charge is -2.09. The first-order valence-corrected chi connectivity index (χ1v) is 4.57. The number of esters is 1. The smallest absolute Gasteiger partial charge is 0.310 e. The molecule has 0 aliphatic carbocycles. The maximum absolute atomic E-state index is 13.3. The molecule has 0 aliphatic rings. The first kappa shape index (κ1) is 13.3. The molecule has 1 heterocycles. The van der Waals surface area contributed by atoms with Gasteiger partial charge in [0.1, 0.15) is 5.69 Å². The average Bonchev–Trinajstić information content (AvgIpc) is 2.28. The SMILES string of the molecule is COC(=O)Cc1cc(F)c(OC)nc1C(F)F. The fourth-order valence-electron chi connectivity index (χ4n) is 1.22. The van der Waals surface area contributed by atoms with Crippen LogP contribution in [0.25, 0.3) is 0 Å². The molecule has 0 spiro atoms. The minimum atomic E-state index is -2.93. The van der Waals surface area contributed by atoms with Gasteiger partial charge in [-0.3, -0.25) is 4.79 Å². The van der Waals surface area contributed by atoms with Gasteiger partial charge in [-0.25, -0.2) is 18.2 Å². The van der Waals surface area contributed by atoms with Crippen LogP contribution in [0.1, 0.15) is 17.7 Å². The van der Waals surface area contributed by atoms with Crippen LogP contribution in [-0.2, 0) is 16.0 Å². The monoisotopic (exact) mass is 249 g/mol. The topological polar surface area (TPSA) is 48.4 Å². The summed E-state index contributed by atoms with van der Waals surface area (Å²) in [6.07, 6.45) is -3.39. The van der Waals surface area contributed by atoms with Gasteiger partial charge in [-0.05, 0) is 11.6 Å². The van der Waals surface area contributed by atoms with Crippen molar-refractivity contribution in [3.05, 3.63) is 23.1 Å². The van der Waals surface area contributed by atoms with E-state index in [0.29, 0.717) is 0 Å². The molecule has 0 saturated carbocycles. The number of nitrogens with zero attached hydrogens (tertiary/aromatic N) is 1. The van der Waals surface area contributed by atoms with E-state index in [9.17, 15) is 18.0 Å². The number of aromatic nitrogens is 1. The molecule has 0 radical (unpaired) electrons. The molecule has 0 aromatic carbocycles. The van der Waals surface area contributed by atoms with E-state index in [-0.39, 0.29) is 5.56 Å². The van der Waals surface area contributed by atoms with Crippen molar-refractivity contribution in [2.24, 2.45) is 0 Å². The molecular formula is C10H10F3NO3. The fourth-order valence-corrected chi connectivity index (χ4v) is 1.22. The molecule has 0 amide bonds. The van der Waals surface area contributed by atoms with Gasteiger partial charge in [-0.1, -0.05) is 0 Å². The summed E-state index contributed by atoms with van der Waals surface area (Å²) >= 11 is 0. The van der Waals surface area contributed by atoms with E-state index >= 15 is 0 Å². The largest absolute Gasteiger partial charge is 0.479 e. The van der Waals surface area contributed by atoms with E-state index < -0.39 is 36.2 Å². The summed E-state index contributed by atoms with van der Waals surface area (Å²) in [5, 5.41) is 0. The molecule has 17 heavy (non-hydrogen) atoms. The van der Waals surface area contributed by atoms with Crippen molar-refractivity contribution < 1.29 is 27.4 Å². The van der Waals surface area contributed by atoms with Crippen molar-refractivity contribution in [2.75, 3.05) is 14.2 Å².